The van der Waals surface area contributed by atoms with E-state index >= 15 is 0 Å². The lowest BCUT2D eigenvalue weighted by atomic mass is 9.99. The Morgan fingerprint density at radius 1 is 1.31 bits per heavy atom. The quantitative estimate of drug-likeness (QED) is 0.654. The van der Waals surface area contributed by atoms with Gasteiger partial charge in [0, 0.05) is 0 Å². The molecular weight excluding hydrogens is 156 g/mol. The SMILES string of the molecule is CC(C)c1cccc(CC2CC2)c1. The fourth-order valence-corrected chi connectivity index (χ4v) is 1.73. The van der Waals surface area contributed by atoms with Crippen LogP contribution in [0, 0.1) is 5.92 Å². The van der Waals surface area contributed by atoms with Crippen molar-refractivity contribution in [2.24, 2.45) is 5.92 Å². The van der Waals surface area contributed by atoms with Crippen molar-refractivity contribution in [3.05, 3.63) is 35.4 Å². The Morgan fingerprint density at radius 2 is 2.08 bits per heavy atom. The molecule has 1 aromatic carbocycles. The minimum Gasteiger partial charge on any atom is -0.0617 e. The van der Waals surface area contributed by atoms with E-state index in [1.54, 1.807) is 0 Å². The lowest BCUT2D eigenvalue weighted by Gasteiger charge is -2.07. The summed E-state index contributed by atoms with van der Waals surface area (Å²) < 4.78 is 0. The van der Waals surface area contributed by atoms with Gasteiger partial charge in [0.05, 0.1) is 0 Å². The van der Waals surface area contributed by atoms with Crippen LogP contribution in [0.4, 0.5) is 0 Å². The molecule has 13 heavy (non-hydrogen) atoms. The fourth-order valence-electron chi connectivity index (χ4n) is 1.73. The molecule has 0 heteroatoms. The molecule has 1 aliphatic carbocycles. The lowest BCUT2D eigenvalue weighted by Crippen LogP contribution is -1.91. The summed E-state index contributed by atoms with van der Waals surface area (Å²) in [5.74, 6) is 1.67. The smallest absolute Gasteiger partial charge is 0.0219 e. The molecule has 0 aromatic heterocycles. The van der Waals surface area contributed by atoms with Crippen LogP contribution in [0.15, 0.2) is 24.3 Å². The molecule has 0 bridgehead atoms. The summed E-state index contributed by atoms with van der Waals surface area (Å²) in [4.78, 5) is 0. The van der Waals surface area contributed by atoms with Crippen molar-refractivity contribution >= 4 is 0 Å². The molecule has 0 spiro atoms. The molecule has 0 saturated heterocycles. The molecule has 70 valence electrons. The van der Waals surface area contributed by atoms with Gasteiger partial charge in [-0.1, -0.05) is 38.1 Å². The summed E-state index contributed by atoms with van der Waals surface area (Å²) in [5, 5.41) is 0. The Morgan fingerprint density at radius 3 is 2.69 bits per heavy atom. The van der Waals surface area contributed by atoms with Gasteiger partial charge < -0.3 is 0 Å². The average molecular weight is 174 g/mol. The maximum absolute atomic E-state index is 2.38. The second-order valence-electron chi connectivity index (χ2n) is 4.55. The third-order valence-corrected chi connectivity index (χ3v) is 2.84. The minimum absolute atomic E-state index is 0.666. The summed E-state index contributed by atoms with van der Waals surface area (Å²) in [6.45, 7) is 4.52. The highest BCUT2D eigenvalue weighted by Crippen LogP contribution is 2.33. The Kier molecular flexibility index (Phi) is 2.39. The highest BCUT2D eigenvalue weighted by Gasteiger charge is 2.21. The third-order valence-electron chi connectivity index (χ3n) is 2.84. The molecule has 0 unspecified atom stereocenters. The molecule has 0 heterocycles. The van der Waals surface area contributed by atoms with Crippen molar-refractivity contribution in [3.63, 3.8) is 0 Å². The van der Waals surface area contributed by atoms with E-state index in [0.717, 1.165) is 5.92 Å². The number of rotatable bonds is 3. The van der Waals surface area contributed by atoms with E-state index in [2.05, 4.69) is 38.1 Å². The van der Waals surface area contributed by atoms with Gasteiger partial charge >= 0.3 is 0 Å². The number of benzene rings is 1. The van der Waals surface area contributed by atoms with Crippen LogP contribution in [0.5, 0.6) is 0 Å². The van der Waals surface area contributed by atoms with Gasteiger partial charge in [0.15, 0.2) is 0 Å². The van der Waals surface area contributed by atoms with Crippen LogP contribution in [-0.4, -0.2) is 0 Å². The first-order valence-corrected chi connectivity index (χ1v) is 5.34. The van der Waals surface area contributed by atoms with Gasteiger partial charge in [0.25, 0.3) is 0 Å². The van der Waals surface area contributed by atoms with Gasteiger partial charge in [0.2, 0.25) is 0 Å². The van der Waals surface area contributed by atoms with Gasteiger partial charge in [-0.15, -0.1) is 0 Å². The van der Waals surface area contributed by atoms with Crippen LogP contribution in [0.25, 0.3) is 0 Å². The largest absolute Gasteiger partial charge is 0.0617 e. The van der Waals surface area contributed by atoms with E-state index in [1.165, 1.54) is 30.4 Å². The van der Waals surface area contributed by atoms with E-state index < -0.39 is 0 Å². The van der Waals surface area contributed by atoms with Crippen LogP contribution < -0.4 is 0 Å². The predicted molar refractivity (Wildman–Crippen MR) is 57.0 cm³/mol. The monoisotopic (exact) mass is 174 g/mol. The zero-order valence-corrected chi connectivity index (χ0v) is 8.59. The molecule has 0 aliphatic heterocycles. The topological polar surface area (TPSA) is 0 Å². The molecule has 2 rings (SSSR count). The molecule has 0 N–H and O–H groups in total. The summed E-state index contributed by atoms with van der Waals surface area (Å²) in [6, 6.07) is 9.08. The number of hydrogen-bond donors (Lipinski definition) is 0. The summed E-state index contributed by atoms with van der Waals surface area (Å²) >= 11 is 0. The van der Waals surface area contributed by atoms with Gasteiger partial charge in [-0.05, 0) is 42.2 Å². The molecule has 1 aliphatic rings. The first kappa shape index (κ1) is 8.80. The van der Waals surface area contributed by atoms with Gasteiger partial charge in [-0.2, -0.15) is 0 Å². The van der Waals surface area contributed by atoms with Gasteiger partial charge in [0.1, 0.15) is 0 Å². The van der Waals surface area contributed by atoms with Crippen molar-refractivity contribution in [1.82, 2.24) is 0 Å². The highest BCUT2D eigenvalue weighted by atomic mass is 14.3. The molecule has 0 amide bonds. The zero-order valence-electron chi connectivity index (χ0n) is 8.59. The maximum atomic E-state index is 2.38. The normalized spacial score (nSPS) is 16.5. The van der Waals surface area contributed by atoms with Crippen LogP contribution in [0.2, 0.25) is 0 Å². The van der Waals surface area contributed by atoms with Crippen LogP contribution in [0.3, 0.4) is 0 Å². The first-order valence-electron chi connectivity index (χ1n) is 5.34. The Hall–Kier alpha value is -0.780. The van der Waals surface area contributed by atoms with Crippen LogP contribution in [-0.2, 0) is 6.42 Å². The second-order valence-corrected chi connectivity index (χ2v) is 4.55. The van der Waals surface area contributed by atoms with Crippen LogP contribution in [0.1, 0.15) is 43.7 Å². The van der Waals surface area contributed by atoms with Crippen molar-refractivity contribution in [2.45, 2.75) is 39.0 Å². The standard InChI is InChI=1S/C13H18/c1-10(2)13-5-3-4-12(9-13)8-11-6-7-11/h3-5,9-11H,6-8H2,1-2H3. The molecule has 1 aromatic rings. The van der Waals surface area contributed by atoms with Crippen molar-refractivity contribution < 1.29 is 0 Å². The first-order chi connectivity index (χ1) is 6.25. The Balaban J connectivity index is 2.11. The maximum Gasteiger partial charge on any atom is -0.0219 e. The second kappa shape index (κ2) is 3.53. The zero-order chi connectivity index (χ0) is 9.26. The van der Waals surface area contributed by atoms with E-state index in [4.69, 9.17) is 0 Å². The van der Waals surface area contributed by atoms with Gasteiger partial charge in [-0.25, -0.2) is 0 Å². The summed E-state index contributed by atoms with van der Waals surface area (Å²) in [6.07, 6.45) is 4.21. The van der Waals surface area contributed by atoms with E-state index in [0.29, 0.717) is 5.92 Å². The van der Waals surface area contributed by atoms with Gasteiger partial charge in [-0.3, -0.25) is 0 Å². The van der Waals surface area contributed by atoms with Crippen molar-refractivity contribution in [2.75, 3.05) is 0 Å². The summed E-state index contributed by atoms with van der Waals surface area (Å²) in [7, 11) is 0. The molecule has 1 fully saturated rings. The van der Waals surface area contributed by atoms with E-state index in [1.807, 2.05) is 0 Å². The summed E-state index contributed by atoms with van der Waals surface area (Å²) in [5.41, 5.74) is 3.02. The van der Waals surface area contributed by atoms with Crippen molar-refractivity contribution in [1.29, 1.82) is 0 Å². The molecule has 1 saturated carbocycles. The predicted octanol–water partition coefficient (Wildman–Crippen LogP) is 3.76. The lowest BCUT2D eigenvalue weighted by molar-refractivity contribution is 0.818. The van der Waals surface area contributed by atoms with Crippen LogP contribution >= 0.6 is 0 Å². The van der Waals surface area contributed by atoms with E-state index in [9.17, 15) is 0 Å². The van der Waals surface area contributed by atoms with Crippen molar-refractivity contribution in [3.8, 4) is 0 Å². The molecule has 0 nitrogen and oxygen atoms in total. The molecule has 0 atom stereocenters. The fraction of sp³-hybridized carbons (Fsp3) is 0.538. The molecular formula is C13H18. The Bertz CT molecular complexity index is 282. The minimum atomic E-state index is 0.666. The Labute approximate surface area is 81.0 Å². The van der Waals surface area contributed by atoms with E-state index in [-0.39, 0.29) is 0 Å². The molecule has 0 radical (unpaired) electrons. The third kappa shape index (κ3) is 2.33. The number of hydrogen-bond acceptors (Lipinski definition) is 0. The highest BCUT2D eigenvalue weighted by molar-refractivity contribution is 5.26. The average Bonchev–Trinajstić information content (AvgIpc) is 2.89.